The first-order valence-corrected chi connectivity index (χ1v) is 8.29. The van der Waals surface area contributed by atoms with E-state index in [4.69, 9.17) is 4.74 Å². The molecule has 1 unspecified atom stereocenters. The Kier molecular flexibility index (Phi) is 8.71. The van der Waals surface area contributed by atoms with Crippen molar-refractivity contribution in [2.45, 2.75) is 19.0 Å². The van der Waals surface area contributed by atoms with E-state index in [0.717, 1.165) is 48.9 Å². The lowest BCUT2D eigenvalue weighted by Gasteiger charge is -2.24. The lowest BCUT2D eigenvalue weighted by molar-refractivity contribution is -0.140. The number of guanidine groups is 1. The summed E-state index contributed by atoms with van der Waals surface area (Å²) < 4.78 is 42.8. The van der Waals surface area contributed by atoms with Crippen LogP contribution in [0.1, 0.15) is 17.1 Å². The van der Waals surface area contributed by atoms with E-state index in [2.05, 4.69) is 15.3 Å². The SMILES string of the molecule is CN=C(NCCc1nc(C(F)(F)F)cs1)N(C)CC1CCOC1.I. The zero-order valence-electron chi connectivity index (χ0n) is 13.6. The summed E-state index contributed by atoms with van der Waals surface area (Å²) in [4.78, 5) is 9.83. The summed E-state index contributed by atoms with van der Waals surface area (Å²) >= 11 is 1.03. The minimum absolute atomic E-state index is 0. The molecule has 24 heavy (non-hydrogen) atoms. The fraction of sp³-hybridized carbons (Fsp3) is 0.714. The van der Waals surface area contributed by atoms with E-state index in [1.165, 1.54) is 0 Å². The zero-order valence-corrected chi connectivity index (χ0v) is 16.7. The molecule has 0 bridgehead atoms. The molecule has 10 heteroatoms. The summed E-state index contributed by atoms with van der Waals surface area (Å²) in [6.07, 6.45) is -2.90. The molecular weight excluding hydrogens is 456 g/mol. The van der Waals surface area contributed by atoms with Crippen molar-refractivity contribution in [2.75, 3.05) is 40.4 Å². The maximum atomic E-state index is 12.5. The number of nitrogens with zero attached hydrogens (tertiary/aromatic N) is 3. The van der Waals surface area contributed by atoms with Gasteiger partial charge in [-0.05, 0) is 6.42 Å². The van der Waals surface area contributed by atoms with Crippen LogP contribution in [0.25, 0.3) is 0 Å². The van der Waals surface area contributed by atoms with Gasteiger partial charge < -0.3 is 15.0 Å². The van der Waals surface area contributed by atoms with E-state index in [0.29, 0.717) is 23.9 Å². The molecule has 5 nitrogen and oxygen atoms in total. The highest BCUT2D eigenvalue weighted by Crippen LogP contribution is 2.30. The maximum Gasteiger partial charge on any atom is 0.434 e. The van der Waals surface area contributed by atoms with Gasteiger partial charge in [0, 0.05) is 51.5 Å². The van der Waals surface area contributed by atoms with Crippen LogP contribution in [0.15, 0.2) is 10.4 Å². The highest BCUT2D eigenvalue weighted by atomic mass is 127. The van der Waals surface area contributed by atoms with Crippen molar-refractivity contribution in [3.05, 3.63) is 16.1 Å². The highest BCUT2D eigenvalue weighted by Gasteiger charge is 2.33. The van der Waals surface area contributed by atoms with Crippen molar-refractivity contribution in [1.82, 2.24) is 15.2 Å². The lowest BCUT2D eigenvalue weighted by Crippen LogP contribution is -2.42. The molecule has 138 valence electrons. The van der Waals surface area contributed by atoms with Crippen molar-refractivity contribution in [3.63, 3.8) is 0 Å². The van der Waals surface area contributed by atoms with Gasteiger partial charge in [0.2, 0.25) is 0 Å². The first-order chi connectivity index (χ1) is 10.9. The van der Waals surface area contributed by atoms with Gasteiger partial charge in [-0.1, -0.05) is 0 Å². The average Bonchev–Trinajstić information content (AvgIpc) is 3.14. The summed E-state index contributed by atoms with van der Waals surface area (Å²) in [5.74, 6) is 1.22. The number of thiazole rings is 1. The van der Waals surface area contributed by atoms with Crippen LogP contribution in [0, 0.1) is 5.92 Å². The number of aliphatic imine (C=N–C) groups is 1. The van der Waals surface area contributed by atoms with Gasteiger partial charge in [0.15, 0.2) is 11.7 Å². The van der Waals surface area contributed by atoms with Gasteiger partial charge in [-0.15, -0.1) is 35.3 Å². The highest BCUT2D eigenvalue weighted by molar-refractivity contribution is 14.0. The monoisotopic (exact) mass is 478 g/mol. The van der Waals surface area contributed by atoms with E-state index < -0.39 is 11.9 Å². The summed E-state index contributed by atoms with van der Waals surface area (Å²) in [5, 5.41) is 4.68. The third-order valence-corrected chi connectivity index (χ3v) is 4.50. The van der Waals surface area contributed by atoms with Crippen molar-refractivity contribution in [2.24, 2.45) is 10.9 Å². The smallest absolute Gasteiger partial charge is 0.381 e. The predicted octanol–water partition coefficient (Wildman–Crippen LogP) is 2.87. The summed E-state index contributed by atoms with van der Waals surface area (Å²) in [5.41, 5.74) is -0.819. The number of hydrogen-bond donors (Lipinski definition) is 1. The largest absolute Gasteiger partial charge is 0.434 e. The minimum Gasteiger partial charge on any atom is -0.381 e. The second-order valence-corrected chi connectivity index (χ2v) is 6.40. The van der Waals surface area contributed by atoms with Crippen LogP contribution >= 0.6 is 35.3 Å². The van der Waals surface area contributed by atoms with Gasteiger partial charge in [0.1, 0.15) is 0 Å². The Morgan fingerprint density at radius 3 is 2.83 bits per heavy atom. The molecule has 1 fully saturated rings. The van der Waals surface area contributed by atoms with Crippen LogP contribution in [0.5, 0.6) is 0 Å². The van der Waals surface area contributed by atoms with Crippen molar-refractivity contribution in [3.8, 4) is 0 Å². The van der Waals surface area contributed by atoms with Crippen LogP contribution in [0.4, 0.5) is 13.2 Å². The molecule has 1 N–H and O–H groups in total. The van der Waals surface area contributed by atoms with Crippen molar-refractivity contribution in [1.29, 1.82) is 0 Å². The van der Waals surface area contributed by atoms with Crippen LogP contribution < -0.4 is 5.32 Å². The van der Waals surface area contributed by atoms with Gasteiger partial charge in [0.05, 0.1) is 11.6 Å². The second-order valence-electron chi connectivity index (χ2n) is 5.46. The van der Waals surface area contributed by atoms with E-state index in [9.17, 15) is 13.2 Å². The number of halogens is 4. The summed E-state index contributed by atoms with van der Waals surface area (Å²) in [6, 6.07) is 0. The van der Waals surface area contributed by atoms with Gasteiger partial charge in [0.25, 0.3) is 0 Å². The van der Waals surface area contributed by atoms with E-state index in [-0.39, 0.29) is 24.0 Å². The Hall–Kier alpha value is -0.620. The third-order valence-electron chi connectivity index (χ3n) is 3.59. The van der Waals surface area contributed by atoms with Crippen LogP contribution in [-0.4, -0.2) is 56.2 Å². The molecule has 0 spiro atoms. The zero-order chi connectivity index (χ0) is 16.9. The van der Waals surface area contributed by atoms with E-state index in [1.54, 1.807) is 7.05 Å². The van der Waals surface area contributed by atoms with Crippen molar-refractivity contribution < 1.29 is 17.9 Å². The van der Waals surface area contributed by atoms with Crippen LogP contribution in [-0.2, 0) is 17.3 Å². The molecule has 0 saturated carbocycles. The van der Waals surface area contributed by atoms with Crippen LogP contribution in [0.3, 0.4) is 0 Å². The molecule has 1 atom stereocenters. The number of aromatic nitrogens is 1. The Morgan fingerprint density at radius 1 is 1.54 bits per heavy atom. The summed E-state index contributed by atoms with van der Waals surface area (Å²) in [7, 11) is 3.63. The lowest BCUT2D eigenvalue weighted by atomic mass is 10.1. The average molecular weight is 478 g/mol. The summed E-state index contributed by atoms with van der Waals surface area (Å²) in [6.45, 7) is 2.90. The van der Waals surface area contributed by atoms with Gasteiger partial charge >= 0.3 is 6.18 Å². The third kappa shape index (κ3) is 6.36. The Balaban J connectivity index is 0.00000288. The maximum absolute atomic E-state index is 12.5. The molecule has 1 saturated heterocycles. The molecule has 1 aromatic rings. The second kappa shape index (κ2) is 9.76. The molecule has 0 aliphatic carbocycles. The Morgan fingerprint density at radius 2 is 2.29 bits per heavy atom. The number of alkyl halides is 3. The topological polar surface area (TPSA) is 49.8 Å². The molecule has 1 aliphatic heterocycles. The molecule has 1 aromatic heterocycles. The van der Waals surface area contributed by atoms with E-state index in [1.807, 2.05) is 11.9 Å². The number of ether oxygens (including phenoxy) is 1. The first-order valence-electron chi connectivity index (χ1n) is 7.41. The molecule has 2 heterocycles. The molecule has 0 amide bonds. The minimum atomic E-state index is -4.37. The van der Waals surface area contributed by atoms with Crippen molar-refractivity contribution >= 4 is 41.3 Å². The fourth-order valence-electron chi connectivity index (χ4n) is 2.42. The Labute approximate surface area is 160 Å². The first kappa shape index (κ1) is 21.4. The molecule has 0 aromatic carbocycles. The van der Waals surface area contributed by atoms with Crippen LogP contribution in [0.2, 0.25) is 0 Å². The molecular formula is C14H22F3IN4OS. The molecule has 1 aliphatic rings. The standard InChI is InChI=1S/C14H21F3N4OS.HI/c1-18-13(21(2)7-10-4-6-22-8-10)19-5-3-12-20-11(9-23-12)14(15,16)17;/h9-10H,3-8H2,1-2H3,(H,18,19);1H. The number of rotatable bonds is 5. The fourth-order valence-corrected chi connectivity index (χ4v) is 3.23. The quantitative estimate of drug-likeness (QED) is 0.402. The van der Waals surface area contributed by atoms with Gasteiger partial charge in [-0.25, -0.2) is 4.98 Å². The number of hydrogen-bond acceptors (Lipinski definition) is 4. The van der Waals surface area contributed by atoms with Gasteiger partial charge in [-0.2, -0.15) is 13.2 Å². The Bertz CT molecular complexity index is 532. The molecule has 2 rings (SSSR count). The predicted molar refractivity (Wildman–Crippen MR) is 99.2 cm³/mol. The van der Waals surface area contributed by atoms with Gasteiger partial charge in [-0.3, -0.25) is 4.99 Å². The normalized spacial score (nSPS) is 18.4. The number of nitrogens with one attached hydrogen (secondary N) is 1. The molecule has 0 radical (unpaired) electrons. The van der Waals surface area contributed by atoms with E-state index >= 15 is 0 Å².